The third-order valence-electron chi connectivity index (χ3n) is 6.48. The smallest absolute Gasteiger partial charge is 0.254 e. The van der Waals surface area contributed by atoms with Gasteiger partial charge in [0.05, 0.1) is 18.7 Å². The number of benzene rings is 3. The Hall–Kier alpha value is -3.88. The highest BCUT2D eigenvalue weighted by Crippen LogP contribution is 2.43. The van der Waals surface area contributed by atoms with Crippen LogP contribution in [0, 0.1) is 11.8 Å². The van der Waals surface area contributed by atoms with E-state index in [0.29, 0.717) is 12.1 Å². The van der Waals surface area contributed by atoms with Crippen molar-refractivity contribution in [3.05, 3.63) is 107 Å². The Morgan fingerprint density at radius 3 is 2.12 bits per heavy atom. The Morgan fingerprint density at radius 2 is 1.48 bits per heavy atom. The molecule has 3 aromatic carbocycles. The van der Waals surface area contributed by atoms with Gasteiger partial charge in [0.2, 0.25) is 5.91 Å². The van der Waals surface area contributed by atoms with Crippen LogP contribution in [0.1, 0.15) is 33.0 Å². The van der Waals surface area contributed by atoms with Crippen molar-refractivity contribution in [1.29, 1.82) is 0 Å². The van der Waals surface area contributed by atoms with Crippen molar-refractivity contribution in [2.75, 3.05) is 19.7 Å². The fraction of sp³-hybridized carbons (Fsp3) is 0.214. The van der Waals surface area contributed by atoms with E-state index in [-0.39, 0.29) is 43.0 Å². The SMILES string of the molecule is O=C(c1ccccc1)N1CC(=O)N2[C@H](C1)[C@H](c1ccc(C#Cc3ccccc3)cc1)[C@@H]2CO. The molecule has 2 aliphatic heterocycles. The highest BCUT2D eigenvalue weighted by Gasteiger charge is 2.54. The molecule has 2 heterocycles. The molecule has 5 nitrogen and oxygen atoms in total. The van der Waals surface area contributed by atoms with Gasteiger partial charge in [-0.25, -0.2) is 0 Å². The van der Waals surface area contributed by atoms with E-state index in [9.17, 15) is 14.7 Å². The van der Waals surface area contributed by atoms with Crippen molar-refractivity contribution in [1.82, 2.24) is 9.80 Å². The Kier molecular flexibility index (Phi) is 5.68. The molecule has 0 radical (unpaired) electrons. The van der Waals surface area contributed by atoms with Gasteiger partial charge in [0.15, 0.2) is 0 Å². The Balaban J connectivity index is 1.35. The number of aliphatic hydroxyl groups excluding tert-OH is 1. The minimum atomic E-state index is -0.266. The van der Waals surface area contributed by atoms with E-state index in [2.05, 4.69) is 11.8 Å². The van der Waals surface area contributed by atoms with E-state index in [0.717, 1.165) is 16.7 Å². The van der Waals surface area contributed by atoms with Crippen LogP contribution in [0.5, 0.6) is 0 Å². The number of fused-ring (bicyclic) bond motifs is 1. The summed E-state index contributed by atoms with van der Waals surface area (Å²) in [5, 5.41) is 10.00. The first-order valence-corrected chi connectivity index (χ1v) is 11.1. The number of rotatable bonds is 3. The number of hydrogen-bond donors (Lipinski definition) is 1. The monoisotopic (exact) mass is 436 g/mol. The zero-order chi connectivity index (χ0) is 22.8. The first-order chi connectivity index (χ1) is 16.2. The lowest BCUT2D eigenvalue weighted by molar-refractivity contribution is -0.159. The number of hydrogen-bond acceptors (Lipinski definition) is 3. The summed E-state index contributed by atoms with van der Waals surface area (Å²) < 4.78 is 0. The molecule has 2 amide bonds. The fourth-order valence-corrected chi connectivity index (χ4v) is 4.87. The van der Waals surface area contributed by atoms with Gasteiger partial charge in [-0.1, -0.05) is 60.4 Å². The van der Waals surface area contributed by atoms with E-state index >= 15 is 0 Å². The molecular weight excluding hydrogens is 412 g/mol. The quantitative estimate of drug-likeness (QED) is 0.643. The zero-order valence-electron chi connectivity index (χ0n) is 18.1. The van der Waals surface area contributed by atoms with Crippen LogP contribution in [0.25, 0.3) is 0 Å². The summed E-state index contributed by atoms with van der Waals surface area (Å²) in [4.78, 5) is 29.1. The van der Waals surface area contributed by atoms with Crippen LogP contribution >= 0.6 is 0 Å². The van der Waals surface area contributed by atoms with Gasteiger partial charge >= 0.3 is 0 Å². The maximum absolute atomic E-state index is 12.9. The molecule has 33 heavy (non-hydrogen) atoms. The summed E-state index contributed by atoms with van der Waals surface area (Å²) in [6.45, 7) is 0.396. The van der Waals surface area contributed by atoms with Crippen molar-refractivity contribution < 1.29 is 14.7 Å². The number of piperazine rings is 1. The minimum Gasteiger partial charge on any atom is -0.394 e. The number of amides is 2. The predicted molar refractivity (Wildman–Crippen MR) is 125 cm³/mol. The van der Waals surface area contributed by atoms with Gasteiger partial charge in [0.1, 0.15) is 6.54 Å². The predicted octanol–water partition coefficient (Wildman–Crippen LogP) is 2.90. The third-order valence-corrected chi connectivity index (χ3v) is 6.48. The van der Waals surface area contributed by atoms with Crippen molar-refractivity contribution in [2.45, 2.75) is 18.0 Å². The molecule has 0 bridgehead atoms. The Morgan fingerprint density at radius 1 is 0.879 bits per heavy atom. The number of aliphatic hydroxyl groups is 1. The second-order valence-electron chi connectivity index (χ2n) is 8.43. The van der Waals surface area contributed by atoms with Gasteiger partial charge in [-0.2, -0.15) is 0 Å². The van der Waals surface area contributed by atoms with Gasteiger partial charge < -0.3 is 14.9 Å². The molecule has 3 aromatic rings. The fourth-order valence-electron chi connectivity index (χ4n) is 4.87. The molecule has 2 aliphatic rings. The van der Waals surface area contributed by atoms with Crippen molar-refractivity contribution in [3.8, 4) is 11.8 Å². The second-order valence-corrected chi connectivity index (χ2v) is 8.43. The molecule has 1 N–H and O–H groups in total. The van der Waals surface area contributed by atoms with Crippen LogP contribution < -0.4 is 0 Å². The average molecular weight is 437 g/mol. The van der Waals surface area contributed by atoms with Gasteiger partial charge in [0.25, 0.3) is 5.91 Å². The third kappa shape index (κ3) is 4.02. The molecular formula is C28H24N2O3. The molecule has 5 heteroatoms. The zero-order valence-corrected chi connectivity index (χ0v) is 18.1. The summed E-state index contributed by atoms with van der Waals surface area (Å²) in [5.41, 5.74) is 3.48. The van der Waals surface area contributed by atoms with Gasteiger partial charge in [0, 0.05) is 29.2 Å². The molecule has 0 aliphatic carbocycles. The maximum Gasteiger partial charge on any atom is 0.254 e. The van der Waals surface area contributed by atoms with E-state index in [1.165, 1.54) is 0 Å². The van der Waals surface area contributed by atoms with Crippen LogP contribution in [-0.2, 0) is 4.79 Å². The lowest BCUT2D eigenvalue weighted by Crippen LogP contribution is -2.73. The molecule has 164 valence electrons. The molecule has 2 saturated heterocycles. The van der Waals surface area contributed by atoms with Crippen LogP contribution in [0.4, 0.5) is 0 Å². The highest BCUT2D eigenvalue weighted by molar-refractivity contribution is 5.97. The lowest BCUT2D eigenvalue weighted by Gasteiger charge is -2.58. The molecule has 3 atom stereocenters. The van der Waals surface area contributed by atoms with Crippen molar-refractivity contribution in [3.63, 3.8) is 0 Å². The lowest BCUT2D eigenvalue weighted by atomic mass is 9.73. The normalized spacial score (nSPS) is 21.5. The summed E-state index contributed by atoms with van der Waals surface area (Å²) in [6, 6.07) is 26.4. The first-order valence-electron chi connectivity index (χ1n) is 11.1. The first kappa shape index (κ1) is 21.0. The van der Waals surface area contributed by atoms with E-state index < -0.39 is 0 Å². The maximum atomic E-state index is 12.9. The van der Waals surface area contributed by atoms with Gasteiger partial charge in [-0.3, -0.25) is 9.59 Å². The van der Waals surface area contributed by atoms with Crippen molar-refractivity contribution >= 4 is 11.8 Å². The van der Waals surface area contributed by atoms with Crippen LogP contribution in [0.2, 0.25) is 0 Å². The average Bonchev–Trinajstić information content (AvgIpc) is 2.85. The molecule has 2 fully saturated rings. The van der Waals surface area contributed by atoms with Gasteiger partial charge in [-0.05, 0) is 42.0 Å². The standard InChI is InChI=1S/C28H24N2O3/c31-19-25-27(22-15-13-21(14-16-22)12-11-20-7-3-1-4-8-20)24-17-29(18-26(32)30(24)25)28(33)23-9-5-2-6-10-23/h1-10,13-16,24-25,27,31H,17-19H2/t24-,25+,27+/m1/s1. The molecule has 0 saturated carbocycles. The number of carbonyl (C=O) groups excluding carboxylic acids is 2. The van der Waals surface area contributed by atoms with E-state index in [1.54, 1.807) is 21.9 Å². The Bertz CT molecular complexity index is 1210. The summed E-state index contributed by atoms with van der Waals surface area (Å²) in [7, 11) is 0. The molecule has 0 aromatic heterocycles. The van der Waals surface area contributed by atoms with Gasteiger partial charge in [-0.15, -0.1) is 0 Å². The van der Waals surface area contributed by atoms with Crippen LogP contribution in [0.15, 0.2) is 84.9 Å². The van der Waals surface area contributed by atoms with Crippen molar-refractivity contribution in [2.24, 2.45) is 0 Å². The second kappa shape index (κ2) is 8.93. The highest BCUT2D eigenvalue weighted by atomic mass is 16.3. The summed E-state index contributed by atoms with van der Waals surface area (Å²) in [6.07, 6.45) is 0. The van der Waals surface area contributed by atoms with Crippen LogP contribution in [-0.4, -0.2) is 58.5 Å². The molecule has 0 unspecified atom stereocenters. The van der Waals surface area contributed by atoms with E-state index in [1.807, 2.05) is 72.8 Å². The summed E-state index contributed by atoms with van der Waals surface area (Å²) in [5.74, 6) is 6.05. The molecule has 0 spiro atoms. The van der Waals surface area contributed by atoms with Crippen LogP contribution in [0.3, 0.4) is 0 Å². The largest absolute Gasteiger partial charge is 0.394 e. The Labute approximate surface area is 193 Å². The molecule has 5 rings (SSSR count). The van der Waals surface area contributed by atoms with E-state index in [4.69, 9.17) is 0 Å². The number of nitrogens with zero attached hydrogens (tertiary/aromatic N) is 2. The minimum absolute atomic E-state index is 0.0264. The number of carbonyl (C=O) groups is 2. The topological polar surface area (TPSA) is 60.9 Å². The summed E-state index contributed by atoms with van der Waals surface area (Å²) >= 11 is 0.